The molecule has 0 aliphatic heterocycles. The maximum absolute atomic E-state index is 11.6. The third-order valence-electron chi connectivity index (χ3n) is 1.15. The van der Waals surface area contributed by atoms with Crippen molar-refractivity contribution < 1.29 is 23.6 Å². The maximum Gasteiger partial charge on any atom is 0.388 e. The molecule has 0 bridgehead atoms. The molecule has 1 aromatic heterocycles. The summed E-state index contributed by atoms with van der Waals surface area (Å²) in [7, 11) is 0. The van der Waals surface area contributed by atoms with E-state index in [4.69, 9.17) is 5.21 Å². The highest BCUT2D eigenvalue weighted by atomic mass is 19.3. The Labute approximate surface area is 71.1 Å². The van der Waals surface area contributed by atoms with Crippen molar-refractivity contribution in [1.29, 1.82) is 0 Å². The minimum absolute atomic E-state index is 0.165. The van der Waals surface area contributed by atoms with E-state index in [-0.39, 0.29) is 11.6 Å². The number of rotatable bonds is 3. The summed E-state index contributed by atoms with van der Waals surface area (Å²) >= 11 is 0. The highest BCUT2D eigenvalue weighted by Crippen LogP contribution is 2.14. The van der Waals surface area contributed by atoms with Crippen molar-refractivity contribution in [1.82, 2.24) is 4.98 Å². The summed E-state index contributed by atoms with van der Waals surface area (Å²) in [6, 6.07) is 2.14. The van der Waals surface area contributed by atoms with E-state index >= 15 is 0 Å². The molecule has 0 aliphatic carbocycles. The Bertz CT molecular complexity index is 301. The lowest BCUT2D eigenvalue weighted by molar-refractivity contribution is -0.729. The number of halogens is 2. The molecular weight excluding hydrogens is 186 g/mol. The van der Waals surface area contributed by atoms with Crippen molar-refractivity contribution in [2.24, 2.45) is 0 Å². The van der Waals surface area contributed by atoms with Crippen LogP contribution in [0.5, 0.6) is 5.88 Å². The van der Waals surface area contributed by atoms with Crippen LogP contribution in [-0.4, -0.2) is 21.7 Å². The summed E-state index contributed by atoms with van der Waals surface area (Å²) in [5, 5.41) is 8.35. The van der Waals surface area contributed by atoms with Crippen LogP contribution >= 0.6 is 0 Å². The van der Waals surface area contributed by atoms with E-state index < -0.39 is 11.5 Å². The predicted molar refractivity (Wildman–Crippen MR) is 35.9 cm³/mol. The Balaban J connectivity index is 2.75. The Morgan fingerprint density at radius 1 is 1.54 bits per heavy atom. The molecule has 0 saturated carbocycles. The molecule has 0 unspecified atom stereocenters. The molecule has 0 amide bonds. The van der Waals surface area contributed by atoms with Crippen LogP contribution in [0, 0.1) is 4.91 Å². The molecule has 0 aliphatic rings. The first kappa shape index (κ1) is 9.30. The number of alkyl halides is 2. The van der Waals surface area contributed by atoms with E-state index in [2.05, 4.69) is 9.72 Å². The molecule has 13 heavy (non-hydrogen) atoms. The summed E-state index contributed by atoms with van der Waals surface area (Å²) < 4.78 is 27.1. The second kappa shape index (κ2) is 3.74. The maximum atomic E-state index is 11.6. The zero-order chi connectivity index (χ0) is 9.84. The normalized spacial score (nSPS) is 10.1. The molecule has 1 aromatic rings. The highest BCUT2D eigenvalue weighted by molar-refractivity contribution is 5.28. The van der Waals surface area contributed by atoms with Crippen LogP contribution in [0.25, 0.3) is 0 Å². The number of pyridine rings is 1. The lowest BCUT2D eigenvalue weighted by atomic mass is 10.4. The smallest absolute Gasteiger partial charge is 0.388 e. The fourth-order valence-corrected chi connectivity index (χ4v) is 0.647. The van der Waals surface area contributed by atoms with Gasteiger partial charge >= 0.3 is 12.3 Å². The Morgan fingerprint density at radius 2 is 2.23 bits per heavy atom. The van der Waals surface area contributed by atoms with Crippen LogP contribution in [0.4, 0.5) is 14.5 Å². The molecule has 0 radical (unpaired) electrons. The molecule has 70 valence electrons. The first-order valence-electron chi connectivity index (χ1n) is 3.16. The van der Waals surface area contributed by atoms with Gasteiger partial charge in [0.05, 0.1) is 4.91 Å². The van der Waals surface area contributed by atoms with Crippen molar-refractivity contribution in [3.05, 3.63) is 23.2 Å². The summed E-state index contributed by atoms with van der Waals surface area (Å²) in [6.45, 7) is -2.96. The van der Waals surface area contributed by atoms with E-state index in [0.29, 0.717) is 0 Å². The highest BCUT2D eigenvalue weighted by Gasteiger charge is 2.12. The van der Waals surface area contributed by atoms with Crippen LogP contribution in [0.15, 0.2) is 18.3 Å². The van der Waals surface area contributed by atoms with Gasteiger partial charge in [-0.3, -0.25) is 0 Å². The number of ether oxygens (including phenoxy) is 1. The fourth-order valence-electron chi connectivity index (χ4n) is 0.647. The molecule has 0 atom stereocenters. The SMILES string of the molecule is O=[N+](O)c1ccc(OC(F)F)nc1. The van der Waals surface area contributed by atoms with Crippen molar-refractivity contribution in [3.63, 3.8) is 0 Å². The zero-order valence-electron chi connectivity index (χ0n) is 6.22. The third kappa shape index (κ3) is 2.62. The van der Waals surface area contributed by atoms with Gasteiger partial charge in [0, 0.05) is 12.1 Å². The number of nitrogens with zero attached hydrogens (tertiary/aromatic N) is 2. The second-order valence-corrected chi connectivity index (χ2v) is 2.01. The number of hydrogen-bond donors (Lipinski definition) is 1. The van der Waals surface area contributed by atoms with E-state index in [1.807, 2.05) is 0 Å². The Hall–Kier alpha value is -1.79. The number of aromatic nitrogens is 1. The van der Waals surface area contributed by atoms with Crippen molar-refractivity contribution in [2.75, 3.05) is 0 Å². The van der Waals surface area contributed by atoms with Gasteiger partial charge < -0.3 is 4.74 Å². The topological polar surface area (TPSA) is 62.4 Å². The molecule has 0 fully saturated rings. The largest absolute Gasteiger partial charge is 0.417 e. The third-order valence-corrected chi connectivity index (χ3v) is 1.15. The number of hydrogen-bond acceptors (Lipinski definition) is 3. The van der Waals surface area contributed by atoms with Crippen LogP contribution in [0.1, 0.15) is 0 Å². The quantitative estimate of drug-likeness (QED) is 0.735. The van der Waals surface area contributed by atoms with Gasteiger partial charge in [-0.15, -0.1) is 0 Å². The van der Waals surface area contributed by atoms with Crippen molar-refractivity contribution >= 4 is 5.69 Å². The van der Waals surface area contributed by atoms with E-state index in [9.17, 15) is 13.7 Å². The van der Waals surface area contributed by atoms with Gasteiger partial charge in [0.15, 0.2) is 0 Å². The van der Waals surface area contributed by atoms with Crippen molar-refractivity contribution in [3.8, 4) is 5.88 Å². The van der Waals surface area contributed by atoms with Gasteiger partial charge in [0.1, 0.15) is 6.20 Å². The fraction of sp³-hybridized carbons (Fsp3) is 0.167. The first-order valence-corrected chi connectivity index (χ1v) is 3.16. The molecule has 1 rings (SSSR count). The Kier molecular flexibility index (Phi) is 2.68. The lowest BCUT2D eigenvalue weighted by Gasteiger charge is -2.00. The van der Waals surface area contributed by atoms with E-state index in [0.717, 1.165) is 18.3 Å². The van der Waals surface area contributed by atoms with Gasteiger partial charge in [-0.1, -0.05) is 0 Å². The monoisotopic (exact) mass is 191 g/mol. The van der Waals surface area contributed by atoms with E-state index in [1.165, 1.54) is 0 Å². The van der Waals surface area contributed by atoms with Crippen LogP contribution in [0.2, 0.25) is 0 Å². The molecule has 0 saturated heterocycles. The standard InChI is InChI=1S/C6H5F2N2O3/c7-6(8)13-5-2-1-4(3-9-5)10(11)12/h1-3,6H,(H,11,12)/q+1. The van der Waals surface area contributed by atoms with Crippen molar-refractivity contribution in [2.45, 2.75) is 6.61 Å². The molecular formula is C6H5F2N2O3+. The lowest BCUT2D eigenvalue weighted by Crippen LogP contribution is -2.03. The van der Waals surface area contributed by atoms with Crippen LogP contribution in [-0.2, 0) is 0 Å². The minimum Gasteiger partial charge on any atom is -0.417 e. The predicted octanol–water partition coefficient (Wildman–Crippen LogP) is 1.48. The summed E-state index contributed by atoms with van der Waals surface area (Å²) in [4.78, 5) is 13.1. The van der Waals surface area contributed by atoms with Gasteiger partial charge in [-0.25, -0.2) is 10.2 Å². The Morgan fingerprint density at radius 3 is 2.62 bits per heavy atom. The van der Waals surface area contributed by atoms with Gasteiger partial charge in [0.25, 0.3) is 4.92 Å². The average Bonchev–Trinajstić information content (AvgIpc) is 2.04. The average molecular weight is 191 g/mol. The molecule has 5 nitrogen and oxygen atoms in total. The summed E-state index contributed by atoms with van der Waals surface area (Å²) in [6.07, 6.45) is 0.907. The van der Waals surface area contributed by atoms with Gasteiger partial charge in [-0.2, -0.15) is 8.78 Å². The summed E-state index contributed by atoms with van der Waals surface area (Å²) in [5.74, 6) is -0.319. The molecule has 0 aromatic carbocycles. The van der Waals surface area contributed by atoms with E-state index in [1.54, 1.807) is 0 Å². The zero-order valence-corrected chi connectivity index (χ0v) is 6.22. The molecule has 0 spiro atoms. The molecule has 7 heteroatoms. The first-order chi connectivity index (χ1) is 6.09. The molecule has 1 N–H and O–H groups in total. The van der Waals surface area contributed by atoms with Crippen LogP contribution in [0.3, 0.4) is 0 Å². The molecule has 1 heterocycles. The second-order valence-electron chi connectivity index (χ2n) is 2.01. The van der Waals surface area contributed by atoms with Gasteiger partial charge in [0.2, 0.25) is 5.88 Å². The van der Waals surface area contributed by atoms with Gasteiger partial charge in [-0.05, 0) is 0 Å². The minimum atomic E-state index is -2.96. The summed E-state index contributed by atoms with van der Waals surface area (Å²) in [5.41, 5.74) is -0.165. The van der Waals surface area contributed by atoms with Crippen LogP contribution < -0.4 is 4.74 Å².